The number of benzene rings is 1. The van der Waals surface area contributed by atoms with Crippen molar-refractivity contribution in [3.63, 3.8) is 0 Å². The van der Waals surface area contributed by atoms with E-state index in [-0.39, 0.29) is 6.04 Å². The van der Waals surface area contributed by atoms with Crippen molar-refractivity contribution in [3.05, 3.63) is 84.9 Å². The first-order valence-electron chi connectivity index (χ1n) is 7.27. The van der Waals surface area contributed by atoms with Crippen LogP contribution in [0.2, 0.25) is 0 Å². The third-order valence-corrected chi connectivity index (χ3v) is 3.45. The van der Waals surface area contributed by atoms with Crippen molar-refractivity contribution >= 4 is 0 Å². The third kappa shape index (κ3) is 4.47. The predicted octanol–water partition coefficient (Wildman–Crippen LogP) is 4.98. The fourth-order valence-electron chi connectivity index (χ4n) is 2.51. The zero-order valence-electron chi connectivity index (χ0n) is 12.7. The van der Waals surface area contributed by atoms with Crippen LogP contribution < -0.4 is 0 Å². The standard InChI is InChI=1S/C19H23NO/c1-4-12-20(15-17-9-6-5-7-10-17)18(14-16(2)3)19-11-8-13-21-19/h4-11,13,18H,1-2,12,14-15H2,3H3. The normalized spacial score (nSPS) is 12.3. The van der Waals surface area contributed by atoms with Crippen LogP contribution in [0.15, 0.2) is 78.0 Å². The van der Waals surface area contributed by atoms with Gasteiger partial charge in [-0.3, -0.25) is 4.90 Å². The molecule has 0 amide bonds. The van der Waals surface area contributed by atoms with Gasteiger partial charge in [0.25, 0.3) is 0 Å². The first-order valence-corrected chi connectivity index (χ1v) is 7.27. The van der Waals surface area contributed by atoms with Gasteiger partial charge in [0, 0.05) is 13.1 Å². The summed E-state index contributed by atoms with van der Waals surface area (Å²) in [5.74, 6) is 0.982. The van der Waals surface area contributed by atoms with Gasteiger partial charge in [0.05, 0.1) is 12.3 Å². The van der Waals surface area contributed by atoms with Gasteiger partial charge in [0.1, 0.15) is 5.76 Å². The van der Waals surface area contributed by atoms with Crippen LogP contribution in [0, 0.1) is 0 Å². The van der Waals surface area contributed by atoms with E-state index in [0.29, 0.717) is 0 Å². The van der Waals surface area contributed by atoms with Crippen LogP contribution in [0.5, 0.6) is 0 Å². The number of hydrogen-bond acceptors (Lipinski definition) is 2. The molecule has 0 spiro atoms. The molecule has 0 aliphatic carbocycles. The van der Waals surface area contributed by atoms with Gasteiger partial charge in [-0.1, -0.05) is 42.0 Å². The fraction of sp³-hybridized carbons (Fsp3) is 0.263. The zero-order chi connectivity index (χ0) is 15.1. The summed E-state index contributed by atoms with van der Waals surface area (Å²) >= 11 is 0. The van der Waals surface area contributed by atoms with Crippen molar-refractivity contribution in [2.75, 3.05) is 6.54 Å². The molecule has 1 heterocycles. The smallest absolute Gasteiger partial charge is 0.121 e. The highest BCUT2D eigenvalue weighted by Gasteiger charge is 2.22. The van der Waals surface area contributed by atoms with Gasteiger partial charge in [-0.2, -0.15) is 0 Å². The van der Waals surface area contributed by atoms with Gasteiger partial charge < -0.3 is 4.42 Å². The second-order valence-corrected chi connectivity index (χ2v) is 5.40. The average Bonchev–Trinajstić information content (AvgIpc) is 2.99. The lowest BCUT2D eigenvalue weighted by Crippen LogP contribution is -2.28. The van der Waals surface area contributed by atoms with E-state index in [0.717, 1.165) is 30.8 Å². The molecule has 110 valence electrons. The third-order valence-electron chi connectivity index (χ3n) is 3.45. The highest BCUT2D eigenvalue weighted by molar-refractivity contribution is 5.16. The summed E-state index contributed by atoms with van der Waals surface area (Å²) < 4.78 is 5.64. The van der Waals surface area contributed by atoms with Gasteiger partial charge in [0.2, 0.25) is 0 Å². The van der Waals surface area contributed by atoms with Crippen molar-refractivity contribution in [1.82, 2.24) is 4.90 Å². The number of furan rings is 1. The molecule has 0 fully saturated rings. The van der Waals surface area contributed by atoms with E-state index < -0.39 is 0 Å². The molecule has 21 heavy (non-hydrogen) atoms. The molecule has 1 aromatic carbocycles. The average molecular weight is 281 g/mol. The Kier molecular flexibility index (Phi) is 5.59. The molecule has 1 atom stereocenters. The van der Waals surface area contributed by atoms with Crippen LogP contribution in [0.4, 0.5) is 0 Å². The largest absolute Gasteiger partial charge is 0.468 e. The molecule has 0 aliphatic rings. The Morgan fingerprint density at radius 1 is 1.24 bits per heavy atom. The SMILES string of the molecule is C=CCN(Cc1ccccc1)C(CC(=C)C)c1ccco1. The minimum atomic E-state index is 0.190. The van der Waals surface area contributed by atoms with E-state index in [1.54, 1.807) is 6.26 Å². The molecule has 0 saturated heterocycles. The zero-order valence-corrected chi connectivity index (χ0v) is 12.7. The summed E-state index contributed by atoms with van der Waals surface area (Å²) in [5, 5.41) is 0. The van der Waals surface area contributed by atoms with Crippen LogP contribution in [0.3, 0.4) is 0 Å². The van der Waals surface area contributed by atoms with Crippen molar-refractivity contribution in [2.45, 2.75) is 25.9 Å². The maximum atomic E-state index is 5.64. The van der Waals surface area contributed by atoms with E-state index >= 15 is 0 Å². The quantitative estimate of drug-likeness (QED) is 0.635. The van der Waals surface area contributed by atoms with Crippen LogP contribution in [0.25, 0.3) is 0 Å². The Labute approximate surface area is 127 Å². The Hall–Kier alpha value is -2.06. The van der Waals surface area contributed by atoms with E-state index in [2.05, 4.69) is 49.2 Å². The first-order chi connectivity index (χ1) is 10.2. The lowest BCUT2D eigenvalue weighted by Gasteiger charge is -2.29. The maximum absolute atomic E-state index is 5.64. The molecule has 0 saturated carbocycles. The Morgan fingerprint density at radius 2 is 2.00 bits per heavy atom. The Morgan fingerprint density at radius 3 is 2.57 bits per heavy atom. The summed E-state index contributed by atoms with van der Waals surface area (Å²) in [6, 6.07) is 14.6. The Bertz CT molecular complexity index is 557. The van der Waals surface area contributed by atoms with Crippen LogP contribution in [-0.2, 0) is 6.54 Å². The molecular weight excluding hydrogens is 258 g/mol. The lowest BCUT2D eigenvalue weighted by molar-refractivity contribution is 0.183. The fourth-order valence-corrected chi connectivity index (χ4v) is 2.51. The first kappa shape index (κ1) is 15.3. The molecule has 0 aliphatic heterocycles. The van der Waals surface area contributed by atoms with Crippen LogP contribution >= 0.6 is 0 Å². The second-order valence-electron chi connectivity index (χ2n) is 5.40. The number of rotatable bonds is 8. The van der Waals surface area contributed by atoms with Gasteiger partial charge in [0.15, 0.2) is 0 Å². The Balaban J connectivity index is 2.23. The van der Waals surface area contributed by atoms with Crippen LogP contribution in [0.1, 0.15) is 30.7 Å². The highest BCUT2D eigenvalue weighted by atomic mass is 16.3. The highest BCUT2D eigenvalue weighted by Crippen LogP contribution is 2.29. The van der Waals surface area contributed by atoms with E-state index in [1.807, 2.05) is 24.3 Å². The van der Waals surface area contributed by atoms with E-state index in [9.17, 15) is 0 Å². The summed E-state index contributed by atoms with van der Waals surface area (Å²) in [5.41, 5.74) is 2.44. The van der Waals surface area contributed by atoms with Crippen molar-refractivity contribution in [1.29, 1.82) is 0 Å². The van der Waals surface area contributed by atoms with Gasteiger partial charge in [-0.25, -0.2) is 0 Å². The molecule has 0 bridgehead atoms. The topological polar surface area (TPSA) is 16.4 Å². The molecule has 0 radical (unpaired) electrons. The maximum Gasteiger partial charge on any atom is 0.121 e. The molecule has 2 heteroatoms. The second kappa shape index (κ2) is 7.65. The van der Waals surface area contributed by atoms with Crippen LogP contribution in [-0.4, -0.2) is 11.4 Å². The summed E-state index contributed by atoms with van der Waals surface area (Å²) in [6.07, 6.45) is 4.56. The molecule has 2 aromatic rings. The van der Waals surface area contributed by atoms with Gasteiger partial charge in [-0.05, 0) is 31.0 Å². The molecule has 1 aromatic heterocycles. The molecular formula is C19H23NO. The number of nitrogens with zero attached hydrogens (tertiary/aromatic N) is 1. The monoisotopic (exact) mass is 281 g/mol. The lowest BCUT2D eigenvalue weighted by atomic mass is 10.0. The molecule has 0 N–H and O–H groups in total. The van der Waals surface area contributed by atoms with E-state index in [4.69, 9.17) is 4.42 Å². The minimum absolute atomic E-state index is 0.190. The van der Waals surface area contributed by atoms with Crippen molar-refractivity contribution in [3.8, 4) is 0 Å². The van der Waals surface area contributed by atoms with Crippen molar-refractivity contribution < 1.29 is 4.42 Å². The molecule has 2 rings (SSSR count). The van der Waals surface area contributed by atoms with Gasteiger partial charge in [-0.15, -0.1) is 13.2 Å². The summed E-state index contributed by atoms with van der Waals surface area (Å²) in [4.78, 5) is 2.37. The predicted molar refractivity (Wildman–Crippen MR) is 87.9 cm³/mol. The minimum Gasteiger partial charge on any atom is -0.468 e. The summed E-state index contributed by atoms with van der Waals surface area (Å²) in [6.45, 7) is 11.7. The van der Waals surface area contributed by atoms with Crippen molar-refractivity contribution in [2.24, 2.45) is 0 Å². The summed E-state index contributed by atoms with van der Waals surface area (Å²) in [7, 11) is 0. The molecule has 2 nitrogen and oxygen atoms in total. The molecule has 1 unspecified atom stereocenters. The van der Waals surface area contributed by atoms with Gasteiger partial charge >= 0.3 is 0 Å². The number of hydrogen-bond donors (Lipinski definition) is 0. The van der Waals surface area contributed by atoms with E-state index in [1.165, 1.54) is 5.56 Å².